The summed E-state index contributed by atoms with van der Waals surface area (Å²) in [7, 11) is -1.05. The zero-order valence-electron chi connectivity index (χ0n) is 11.5. The second kappa shape index (κ2) is 6.29. The number of carbonyl (C=O) groups is 1. The molecule has 112 valence electrons. The smallest absolute Gasteiger partial charge is 0.256 e. The largest absolute Gasteiger partial charge is 0.383 e. The summed E-state index contributed by atoms with van der Waals surface area (Å²) in [4.78, 5) is 13.1. The Hall–Kier alpha value is -1.51. The Morgan fingerprint density at radius 1 is 1.45 bits per heavy atom. The van der Waals surface area contributed by atoms with Crippen LogP contribution in [-0.2, 0) is 14.8 Å². The van der Waals surface area contributed by atoms with Crippen LogP contribution in [0.25, 0.3) is 0 Å². The van der Waals surface area contributed by atoms with Crippen molar-refractivity contribution in [3.05, 3.63) is 29.1 Å². The average Bonchev–Trinajstić information content (AvgIpc) is 2.36. The molecule has 1 rings (SSSR count). The number of ether oxygens (including phenoxy) is 1. The number of sulfonamides is 1. The van der Waals surface area contributed by atoms with Gasteiger partial charge in [-0.3, -0.25) is 4.79 Å². The SMILES string of the molecule is COCCN(C)C(=O)c1cc(S(N)(=O)=O)cc(C)c1F. The third-order valence-electron chi connectivity index (χ3n) is 2.76. The van der Waals surface area contributed by atoms with Crippen molar-refractivity contribution in [3.63, 3.8) is 0 Å². The van der Waals surface area contributed by atoms with Gasteiger partial charge in [-0.2, -0.15) is 0 Å². The van der Waals surface area contributed by atoms with Crippen LogP contribution in [-0.4, -0.2) is 46.5 Å². The zero-order chi connectivity index (χ0) is 15.5. The van der Waals surface area contributed by atoms with Crippen LogP contribution in [0.4, 0.5) is 4.39 Å². The van der Waals surface area contributed by atoms with Crippen LogP contribution in [0, 0.1) is 12.7 Å². The lowest BCUT2D eigenvalue weighted by Gasteiger charge is -2.18. The number of hydrogen-bond donors (Lipinski definition) is 1. The first-order valence-electron chi connectivity index (χ1n) is 5.75. The summed E-state index contributed by atoms with van der Waals surface area (Å²) in [6.45, 7) is 1.92. The van der Waals surface area contributed by atoms with Gasteiger partial charge in [0.2, 0.25) is 10.0 Å². The Bertz CT molecular complexity index is 616. The number of likely N-dealkylation sites (N-methyl/N-ethyl adjacent to an activating group) is 1. The molecule has 0 aliphatic carbocycles. The first kappa shape index (κ1) is 16.5. The molecule has 0 bridgehead atoms. The third kappa shape index (κ3) is 3.75. The molecule has 2 N–H and O–H groups in total. The van der Waals surface area contributed by atoms with E-state index in [1.807, 2.05) is 0 Å². The topological polar surface area (TPSA) is 89.7 Å². The van der Waals surface area contributed by atoms with E-state index in [9.17, 15) is 17.6 Å². The quantitative estimate of drug-likeness (QED) is 0.857. The summed E-state index contributed by atoms with van der Waals surface area (Å²) in [5.41, 5.74) is -0.285. The Morgan fingerprint density at radius 3 is 2.55 bits per heavy atom. The molecule has 0 aliphatic rings. The number of primary sulfonamides is 1. The van der Waals surface area contributed by atoms with E-state index in [2.05, 4.69) is 0 Å². The number of carbonyl (C=O) groups excluding carboxylic acids is 1. The summed E-state index contributed by atoms with van der Waals surface area (Å²) >= 11 is 0. The Morgan fingerprint density at radius 2 is 2.05 bits per heavy atom. The van der Waals surface area contributed by atoms with Gasteiger partial charge in [0.25, 0.3) is 5.91 Å². The van der Waals surface area contributed by atoms with Crippen LogP contribution >= 0.6 is 0 Å². The van der Waals surface area contributed by atoms with Gasteiger partial charge in [-0.15, -0.1) is 0 Å². The third-order valence-corrected chi connectivity index (χ3v) is 3.66. The second-order valence-electron chi connectivity index (χ2n) is 4.37. The highest BCUT2D eigenvalue weighted by Crippen LogP contribution is 2.19. The van der Waals surface area contributed by atoms with Gasteiger partial charge in [-0.1, -0.05) is 0 Å². The van der Waals surface area contributed by atoms with Crippen molar-refractivity contribution in [1.29, 1.82) is 0 Å². The van der Waals surface area contributed by atoms with Crippen LogP contribution in [0.2, 0.25) is 0 Å². The van der Waals surface area contributed by atoms with Gasteiger partial charge >= 0.3 is 0 Å². The minimum atomic E-state index is -4.00. The molecular weight excluding hydrogens is 287 g/mol. The van der Waals surface area contributed by atoms with Gasteiger partial charge < -0.3 is 9.64 Å². The van der Waals surface area contributed by atoms with Crippen molar-refractivity contribution >= 4 is 15.9 Å². The lowest BCUT2D eigenvalue weighted by molar-refractivity contribution is 0.0739. The van der Waals surface area contributed by atoms with Crippen LogP contribution in [0.15, 0.2) is 17.0 Å². The van der Waals surface area contributed by atoms with Gasteiger partial charge in [0.1, 0.15) is 5.82 Å². The van der Waals surface area contributed by atoms with Gasteiger partial charge in [0, 0.05) is 20.7 Å². The lowest BCUT2D eigenvalue weighted by atomic mass is 10.1. The van der Waals surface area contributed by atoms with Crippen molar-refractivity contribution in [3.8, 4) is 0 Å². The molecule has 0 spiro atoms. The summed E-state index contributed by atoms with van der Waals surface area (Å²) in [6, 6.07) is 2.04. The number of hydrogen-bond acceptors (Lipinski definition) is 4. The molecule has 0 heterocycles. The highest BCUT2D eigenvalue weighted by Gasteiger charge is 2.21. The number of nitrogens with zero attached hydrogens (tertiary/aromatic N) is 1. The predicted octanol–water partition coefficient (Wildman–Crippen LogP) is 0.500. The van der Waals surface area contributed by atoms with Gasteiger partial charge in [-0.05, 0) is 24.6 Å². The Labute approximate surface area is 117 Å². The summed E-state index contributed by atoms with van der Waals surface area (Å²) in [5, 5.41) is 5.01. The fraction of sp³-hybridized carbons (Fsp3) is 0.417. The van der Waals surface area contributed by atoms with E-state index in [1.54, 1.807) is 0 Å². The number of halogens is 1. The first-order valence-corrected chi connectivity index (χ1v) is 7.30. The number of aryl methyl sites for hydroxylation is 1. The molecule has 0 aromatic heterocycles. The van der Waals surface area contributed by atoms with E-state index >= 15 is 0 Å². The highest BCUT2D eigenvalue weighted by atomic mass is 32.2. The van der Waals surface area contributed by atoms with Crippen LogP contribution in [0.1, 0.15) is 15.9 Å². The van der Waals surface area contributed by atoms with Gasteiger partial charge in [-0.25, -0.2) is 17.9 Å². The van der Waals surface area contributed by atoms with Gasteiger partial charge in [0.15, 0.2) is 0 Å². The Kier molecular flexibility index (Phi) is 5.21. The molecule has 1 aromatic carbocycles. The summed E-state index contributed by atoms with van der Waals surface area (Å²) in [5.74, 6) is -1.39. The van der Waals surface area contributed by atoms with E-state index in [4.69, 9.17) is 9.88 Å². The van der Waals surface area contributed by atoms with E-state index < -0.39 is 21.7 Å². The fourth-order valence-corrected chi connectivity index (χ4v) is 2.21. The second-order valence-corrected chi connectivity index (χ2v) is 5.93. The number of amides is 1. The number of methoxy groups -OCH3 is 1. The molecule has 0 saturated carbocycles. The van der Waals surface area contributed by atoms with Crippen LogP contribution in [0.3, 0.4) is 0 Å². The summed E-state index contributed by atoms with van der Waals surface area (Å²) in [6.07, 6.45) is 0. The molecule has 0 radical (unpaired) electrons. The monoisotopic (exact) mass is 304 g/mol. The molecule has 0 atom stereocenters. The van der Waals surface area contributed by atoms with Crippen LogP contribution in [0.5, 0.6) is 0 Å². The molecule has 1 aromatic rings. The lowest BCUT2D eigenvalue weighted by Crippen LogP contribution is -2.31. The van der Waals surface area contributed by atoms with Crippen molar-refractivity contribution in [1.82, 2.24) is 4.90 Å². The van der Waals surface area contributed by atoms with Crippen molar-refractivity contribution in [2.24, 2.45) is 5.14 Å². The van der Waals surface area contributed by atoms with Crippen molar-refractivity contribution < 1.29 is 22.3 Å². The van der Waals surface area contributed by atoms with E-state index in [0.717, 1.165) is 12.1 Å². The average molecular weight is 304 g/mol. The van der Waals surface area contributed by atoms with E-state index in [1.165, 1.54) is 26.0 Å². The molecule has 0 aliphatic heterocycles. The molecular formula is C12H17FN2O4S. The maximum Gasteiger partial charge on any atom is 0.256 e. The van der Waals surface area contributed by atoms with Gasteiger partial charge in [0.05, 0.1) is 17.1 Å². The summed E-state index contributed by atoms with van der Waals surface area (Å²) < 4.78 is 41.5. The molecule has 6 nitrogen and oxygen atoms in total. The molecule has 8 heteroatoms. The van der Waals surface area contributed by atoms with E-state index in [0.29, 0.717) is 0 Å². The molecule has 20 heavy (non-hydrogen) atoms. The highest BCUT2D eigenvalue weighted by molar-refractivity contribution is 7.89. The predicted molar refractivity (Wildman–Crippen MR) is 71.3 cm³/mol. The molecule has 1 amide bonds. The number of benzene rings is 1. The molecule has 0 unspecified atom stereocenters. The van der Waals surface area contributed by atoms with Crippen LogP contribution < -0.4 is 5.14 Å². The number of rotatable bonds is 5. The Balaban J connectivity index is 3.24. The zero-order valence-corrected chi connectivity index (χ0v) is 12.3. The normalized spacial score (nSPS) is 11.4. The van der Waals surface area contributed by atoms with Crippen molar-refractivity contribution in [2.75, 3.05) is 27.3 Å². The van der Waals surface area contributed by atoms with Crippen molar-refractivity contribution in [2.45, 2.75) is 11.8 Å². The minimum absolute atomic E-state index is 0.0417. The number of nitrogens with two attached hydrogens (primary N) is 1. The standard InChI is InChI=1S/C12H17FN2O4S/c1-8-6-9(20(14,17)18)7-10(11(8)13)12(16)15(2)4-5-19-3/h6-7H,4-5H2,1-3H3,(H2,14,17,18). The fourth-order valence-electron chi connectivity index (χ4n) is 1.59. The first-order chi connectivity index (χ1) is 9.18. The molecule has 0 saturated heterocycles. The van der Waals surface area contributed by atoms with E-state index in [-0.39, 0.29) is 29.2 Å². The maximum absolute atomic E-state index is 14.0. The molecule has 0 fully saturated rings. The maximum atomic E-state index is 14.0. The minimum Gasteiger partial charge on any atom is -0.383 e.